The lowest BCUT2D eigenvalue weighted by molar-refractivity contribution is 0.628. The van der Waals surface area contributed by atoms with E-state index >= 15 is 0 Å². The SMILES string of the molecule is Cc1nn(-c2ccccc2)c(CSc2nnc(-c3ccccc3F)n2C)c1C#N. The van der Waals surface area contributed by atoms with E-state index in [-0.39, 0.29) is 5.82 Å². The van der Waals surface area contributed by atoms with Gasteiger partial charge in [-0.15, -0.1) is 10.2 Å². The number of thioether (sulfide) groups is 1. The lowest BCUT2D eigenvalue weighted by Crippen LogP contribution is -2.03. The number of aromatic nitrogens is 5. The van der Waals surface area contributed by atoms with Gasteiger partial charge in [-0.2, -0.15) is 10.4 Å². The highest BCUT2D eigenvalue weighted by atomic mass is 32.2. The number of nitrogens with zero attached hydrogens (tertiary/aromatic N) is 6. The molecule has 0 aliphatic heterocycles. The van der Waals surface area contributed by atoms with Crippen molar-refractivity contribution in [1.82, 2.24) is 24.5 Å². The van der Waals surface area contributed by atoms with Crippen molar-refractivity contribution in [3.63, 3.8) is 0 Å². The first kappa shape index (κ1) is 18.9. The van der Waals surface area contributed by atoms with Crippen LogP contribution in [0.3, 0.4) is 0 Å². The van der Waals surface area contributed by atoms with E-state index in [4.69, 9.17) is 0 Å². The van der Waals surface area contributed by atoms with Gasteiger partial charge in [-0.3, -0.25) is 0 Å². The Morgan fingerprint density at radius 3 is 2.52 bits per heavy atom. The number of para-hydroxylation sites is 1. The molecule has 2 aromatic carbocycles. The third-order valence-electron chi connectivity index (χ3n) is 4.56. The Bertz CT molecular complexity index is 1210. The Morgan fingerprint density at radius 1 is 1.07 bits per heavy atom. The molecule has 0 unspecified atom stereocenters. The molecular weight excluding hydrogens is 387 g/mol. The van der Waals surface area contributed by atoms with E-state index in [1.165, 1.54) is 17.8 Å². The Morgan fingerprint density at radius 2 is 1.79 bits per heavy atom. The summed E-state index contributed by atoms with van der Waals surface area (Å²) in [6.07, 6.45) is 0. The fourth-order valence-corrected chi connectivity index (χ4v) is 4.00. The molecule has 0 fully saturated rings. The molecule has 8 heteroatoms. The first-order chi connectivity index (χ1) is 14.1. The average Bonchev–Trinajstić information content (AvgIpc) is 3.26. The van der Waals surface area contributed by atoms with Crippen molar-refractivity contribution in [1.29, 1.82) is 5.26 Å². The monoisotopic (exact) mass is 404 g/mol. The van der Waals surface area contributed by atoms with Crippen LogP contribution in [-0.2, 0) is 12.8 Å². The van der Waals surface area contributed by atoms with E-state index in [0.29, 0.717) is 33.6 Å². The van der Waals surface area contributed by atoms with Crippen LogP contribution in [0.25, 0.3) is 17.1 Å². The highest BCUT2D eigenvalue weighted by Gasteiger charge is 2.19. The number of hydrogen-bond donors (Lipinski definition) is 0. The summed E-state index contributed by atoms with van der Waals surface area (Å²) in [5, 5.41) is 23.1. The van der Waals surface area contributed by atoms with Gasteiger partial charge < -0.3 is 4.57 Å². The summed E-state index contributed by atoms with van der Waals surface area (Å²) >= 11 is 1.43. The third-order valence-corrected chi connectivity index (χ3v) is 5.59. The summed E-state index contributed by atoms with van der Waals surface area (Å²) < 4.78 is 17.7. The van der Waals surface area contributed by atoms with E-state index in [0.717, 1.165) is 11.4 Å². The Balaban J connectivity index is 1.66. The Kier molecular flexibility index (Phi) is 5.14. The summed E-state index contributed by atoms with van der Waals surface area (Å²) in [7, 11) is 1.80. The van der Waals surface area contributed by atoms with Gasteiger partial charge >= 0.3 is 0 Å². The number of rotatable bonds is 5. The second kappa shape index (κ2) is 7.89. The Hall–Kier alpha value is -3.44. The standard InChI is InChI=1S/C21H17FN6S/c1-14-17(12-23)19(28(26-14)15-8-4-3-5-9-15)13-29-21-25-24-20(27(21)2)16-10-6-7-11-18(16)22/h3-11H,13H2,1-2H3. The molecule has 0 N–H and O–H groups in total. The molecule has 0 radical (unpaired) electrons. The zero-order valence-electron chi connectivity index (χ0n) is 15.9. The summed E-state index contributed by atoms with van der Waals surface area (Å²) in [4.78, 5) is 0. The van der Waals surface area contributed by atoms with E-state index in [9.17, 15) is 9.65 Å². The number of nitriles is 1. The van der Waals surface area contributed by atoms with Gasteiger partial charge in [0.25, 0.3) is 0 Å². The maximum absolute atomic E-state index is 14.1. The number of halogens is 1. The third kappa shape index (κ3) is 3.52. The fourth-order valence-electron chi connectivity index (χ4n) is 3.09. The van der Waals surface area contributed by atoms with Crippen molar-refractivity contribution < 1.29 is 4.39 Å². The predicted molar refractivity (Wildman–Crippen MR) is 109 cm³/mol. The normalized spacial score (nSPS) is 10.8. The molecule has 4 aromatic rings. The molecule has 2 heterocycles. The predicted octanol–water partition coefficient (Wildman–Crippen LogP) is 4.28. The van der Waals surface area contributed by atoms with E-state index in [1.54, 1.807) is 34.5 Å². The minimum atomic E-state index is -0.343. The molecule has 0 amide bonds. The zero-order valence-corrected chi connectivity index (χ0v) is 16.7. The molecular formula is C21H17FN6S. The molecule has 2 aromatic heterocycles. The second-order valence-corrected chi connectivity index (χ2v) is 7.34. The lowest BCUT2D eigenvalue weighted by Gasteiger charge is -2.08. The number of aryl methyl sites for hydroxylation is 1. The van der Waals surface area contributed by atoms with Crippen LogP contribution in [0.2, 0.25) is 0 Å². The molecule has 29 heavy (non-hydrogen) atoms. The van der Waals surface area contributed by atoms with Crippen LogP contribution >= 0.6 is 11.8 Å². The van der Waals surface area contributed by atoms with Crippen molar-refractivity contribution in [3.05, 3.63) is 77.4 Å². The van der Waals surface area contributed by atoms with E-state index in [1.807, 2.05) is 37.3 Å². The van der Waals surface area contributed by atoms with Crippen molar-refractivity contribution in [2.45, 2.75) is 17.8 Å². The molecule has 144 valence electrons. The van der Waals surface area contributed by atoms with Gasteiger partial charge in [0, 0.05) is 12.8 Å². The topological polar surface area (TPSA) is 72.3 Å². The van der Waals surface area contributed by atoms with Crippen molar-refractivity contribution in [2.75, 3.05) is 0 Å². The molecule has 6 nitrogen and oxygen atoms in total. The second-order valence-electron chi connectivity index (χ2n) is 6.40. The van der Waals surface area contributed by atoms with Crippen molar-refractivity contribution in [2.24, 2.45) is 7.05 Å². The molecule has 0 saturated heterocycles. The first-order valence-electron chi connectivity index (χ1n) is 8.91. The van der Waals surface area contributed by atoms with Crippen LogP contribution in [0.4, 0.5) is 4.39 Å². The van der Waals surface area contributed by atoms with Gasteiger partial charge in [0.15, 0.2) is 11.0 Å². The van der Waals surface area contributed by atoms with E-state index in [2.05, 4.69) is 21.4 Å². The quantitative estimate of drug-likeness (QED) is 0.464. The molecule has 0 bridgehead atoms. The Labute approximate surface area is 171 Å². The van der Waals surface area contributed by atoms with Gasteiger partial charge in [-0.05, 0) is 31.2 Å². The summed E-state index contributed by atoms with van der Waals surface area (Å²) in [6.45, 7) is 1.82. The van der Waals surface area contributed by atoms with E-state index < -0.39 is 0 Å². The lowest BCUT2D eigenvalue weighted by atomic mass is 10.2. The summed E-state index contributed by atoms with van der Waals surface area (Å²) in [6, 6.07) is 18.4. The van der Waals surface area contributed by atoms with Gasteiger partial charge in [0.1, 0.15) is 11.9 Å². The van der Waals surface area contributed by atoms with Crippen molar-refractivity contribution >= 4 is 11.8 Å². The van der Waals surface area contributed by atoms with Gasteiger partial charge in [0.2, 0.25) is 0 Å². The fraction of sp³-hybridized carbons (Fsp3) is 0.143. The van der Waals surface area contributed by atoms with Crippen LogP contribution in [0.1, 0.15) is 17.0 Å². The average molecular weight is 404 g/mol. The zero-order chi connectivity index (χ0) is 20.4. The molecule has 0 atom stereocenters. The summed E-state index contributed by atoms with van der Waals surface area (Å²) in [5.41, 5.74) is 3.31. The minimum absolute atomic E-state index is 0.343. The molecule has 4 rings (SSSR count). The van der Waals surface area contributed by atoms with Crippen LogP contribution < -0.4 is 0 Å². The number of hydrogen-bond acceptors (Lipinski definition) is 5. The minimum Gasteiger partial charge on any atom is -0.305 e. The first-order valence-corrected chi connectivity index (χ1v) is 9.90. The number of benzene rings is 2. The van der Waals surface area contributed by atoms with Gasteiger partial charge in [-0.25, -0.2) is 9.07 Å². The largest absolute Gasteiger partial charge is 0.305 e. The maximum Gasteiger partial charge on any atom is 0.191 e. The van der Waals surface area contributed by atoms with Crippen LogP contribution in [0.5, 0.6) is 0 Å². The van der Waals surface area contributed by atoms with Crippen LogP contribution in [-0.4, -0.2) is 24.5 Å². The van der Waals surface area contributed by atoms with Gasteiger partial charge in [-0.1, -0.05) is 42.1 Å². The smallest absolute Gasteiger partial charge is 0.191 e. The molecule has 0 aliphatic rings. The molecule has 0 saturated carbocycles. The molecule has 0 spiro atoms. The maximum atomic E-state index is 14.1. The highest BCUT2D eigenvalue weighted by Crippen LogP contribution is 2.29. The highest BCUT2D eigenvalue weighted by molar-refractivity contribution is 7.98. The van der Waals surface area contributed by atoms with Crippen LogP contribution in [0, 0.1) is 24.1 Å². The van der Waals surface area contributed by atoms with Crippen LogP contribution in [0.15, 0.2) is 59.8 Å². The molecule has 0 aliphatic carbocycles. The van der Waals surface area contributed by atoms with Gasteiger partial charge in [0.05, 0.1) is 28.2 Å². The summed E-state index contributed by atoms with van der Waals surface area (Å²) in [5.74, 6) is 0.588. The van der Waals surface area contributed by atoms with Crippen molar-refractivity contribution in [3.8, 4) is 23.1 Å².